The first kappa shape index (κ1) is 86.1. The Labute approximate surface area is 537 Å². The smallest absolute Gasteiger partial charge is 0.462 e. The van der Waals surface area contributed by atoms with Crippen molar-refractivity contribution in [3.05, 3.63) is 0 Å². The third kappa shape index (κ3) is 62.8. The summed E-state index contributed by atoms with van der Waals surface area (Å²) < 4.78 is 68.0. The quantitative estimate of drug-likeness (QED) is 0.0222. The summed E-state index contributed by atoms with van der Waals surface area (Å²) in [4.78, 5) is 72.3. The molecule has 0 amide bonds. The van der Waals surface area contributed by atoms with Gasteiger partial charge in [-0.2, -0.15) is 0 Å². The first-order valence-corrected chi connectivity index (χ1v) is 38.8. The van der Waals surface area contributed by atoms with E-state index in [0.29, 0.717) is 37.5 Å². The van der Waals surface area contributed by atoms with E-state index in [2.05, 4.69) is 48.5 Å². The van der Waals surface area contributed by atoms with Gasteiger partial charge in [0.05, 0.1) is 26.4 Å². The molecule has 5 atom stereocenters. The van der Waals surface area contributed by atoms with Gasteiger partial charge in [0, 0.05) is 25.7 Å². The highest BCUT2D eigenvalue weighted by atomic mass is 31.2. The van der Waals surface area contributed by atoms with Gasteiger partial charge < -0.3 is 33.8 Å². The third-order valence-electron chi connectivity index (χ3n) is 15.9. The highest BCUT2D eigenvalue weighted by molar-refractivity contribution is 7.47. The zero-order valence-corrected chi connectivity index (χ0v) is 59.0. The normalized spacial score (nSPS) is 14.2. The van der Waals surface area contributed by atoms with Crippen molar-refractivity contribution < 1.29 is 80.2 Å². The second-order valence-electron chi connectivity index (χ2n) is 26.3. The first-order chi connectivity index (χ1) is 42.2. The number of aliphatic hydroxyl groups excluding tert-OH is 1. The third-order valence-corrected chi connectivity index (χ3v) is 17.8. The van der Waals surface area contributed by atoms with E-state index < -0.39 is 97.5 Å². The monoisotopic (exact) mass is 1300 g/mol. The Bertz CT molecular complexity index is 1730. The molecule has 0 rings (SSSR count). The molecule has 0 saturated carbocycles. The van der Waals surface area contributed by atoms with E-state index in [-0.39, 0.29) is 25.7 Å². The molecule has 88 heavy (non-hydrogen) atoms. The molecule has 0 saturated heterocycles. The average molecular weight is 1300 g/mol. The Balaban J connectivity index is 5.12. The molecular formula is C69H134O17P2. The first-order valence-electron chi connectivity index (χ1n) is 35.8. The summed E-state index contributed by atoms with van der Waals surface area (Å²) in [6.07, 6.45) is 43.6. The number of carbonyl (C=O) groups excluding carboxylic acids is 4. The topological polar surface area (TPSA) is 237 Å². The highest BCUT2D eigenvalue weighted by Gasteiger charge is 2.30. The fourth-order valence-electron chi connectivity index (χ4n) is 10.4. The van der Waals surface area contributed by atoms with Crippen molar-refractivity contribution in [2.24, 2.45) is 17.8 Å². The highest BCUT2D eigenvalue weighted by Crippen LogP contribution is 2.45. The van der Waals surface area contributed by atoms with E-state index in [1.165, 1.54) is 141 Å². The Morgan fingerprint density at radius 3 is 0.773 bits per heavy atom. The summed E-state index contributed by atoms with van der Waals surface area (Å²) >= 11 is 0. The molecule has 17 nitrogen and oxygen atoms in total. The van der Waals surface area contributed by atoms with Gasteiger partial charge >= 0.3 is 39.5 Å². The predicted molar refractivity (Wildman–Crippen MR) is 354 cm³/mol. The maximum Gasteiger partial charge on any atom is 0.472 e. The van der Waals surface area contributed by atoms with E-state index in [0.717, 1.165) is 109 Å². The number of phosphoric acid groups is 2. The zero-order chi connectivity index (χ0) is 65.2. The van der Waals surface area contributed by atoms with Crippen LogP contribution in [0.15, 0.2) is 0 Å². The van der Waals surface area contributed by atoms with Gasteiger partial charge in [-0.3, -0.25) is 37.3 Å². The molecule has 0 spiro atoms. The number of carbonyl (C=O) groups is 4. The molecule has 19 heteroatoms. The number of phosphoric ester groups is 2. The summed E-state index contributed by atoms with van der Waals surface area (Å²) in [5.74, 6) is 0.0579. The summed E-state index contributed by atoms with van der Waals surface area (Å²) in [6, 6.07) is 0. The van der Waals surface area contributed by atoms with E-state index in [1.807, 2.05) is 0 Å². The van der Waals surface area contributed by atoms with Crippen LogP contribution in [0.25, 0.3) is 0 Å². The molecule has 0 bridgehead atoms. The molecule has 0 heterocycles. The van der Waals surface area contributed by atoms with Gasteiger partial charge in [-0.05, 0) is 43.4 Å². The number of unbranched alkanes of at least 4 members (excludes halogenated alkanes) is 35. The average Bonchev–Trinajstić information content (AvgIpc) is 3.57. The van der Waals surface area contributed by atoms with E-state index >= 15 is 0 Å². The standard InChI is InChI=1S/C69H134O17P2/c1-8-9-10-11-12-28-36-43-50-66(71)79-57-65(86-69(74)53-46-39-32-31-35-42-49-62(6)7)59-84-88(77,78)82-55-63(70)54-81-87(75,76)83-58-64(56-80-67(72)51-44-37-30-25-27-34-41-48-61(4)5)85-68(73)52-45-38-29-24-22-20-18-16-14-13-15-17-19-21-23-26-33-40-47-60(2)3/h60-65,70H,8-59H2,1-7H3,(H,75,76)(H,77,78)/t63-,64-,65-/m1/s1. The maximum absolute atomic E-state index is 13.0. The largest absolute Gasteiger partial charge is 0.472 e. The fourth-order valence-corrected chi connectivity index (χ4v) is 11.9. The number of hydrogen-bond acceptors (Lipinski definition) is 15. The summed E-state index contributed by atoms with van der Waals surface area (Å²) in [6.45, 7) is 11.7. The van der Waals surface area contributed by atoms with Crippen LogP contribution in [0, 0.1) is 17.8 Å². The van der Waals surface area contributed by atoms with Gasteiger partial charge in [-0.15, -0.1) is 0 Å². The molecular weight excluding hydrogens is 1160 g/mol. The van der Waals surface area contributed by atoms with Crippen LogP contribution in [0.1, 0.15) is 344 Å². The lowest BCUT2D eigenvalue weighted by Crippen LogP contribution is -2.30. The van der Waals surface area contributed by atoms with Crippen molar-refractivity contribution in [2.45, 2.75) is 362 Å². The van der Waals surface area contributed by atoms with Crippen molar-refractivity contribution in [1.82, 2.24) is 0 Å². The van der Waals surface area contributed by atoms with Crippen molar-refractivity contribution in [3.8, 4) is 0 Å². The molecule has 0 aliphatic carbocycles. The van der Waals surface area contributed by atoms with Gasteiger partial charge in [-0.25, -0.2) is 9.13 Å². The van der Waals surface area contributed by atoms with Crippen LogP contribution in [0.2, 0.25) is 0 Å². The maximum atomic E-state index is 13.0. The molecule has 0 fully saturated rings. The van der Waals surface area contributed by atoms with Gasteiger partial charge in [0.2, 0.25) is 0 Å². The van der Waals surface area contributed by atoms with Crippen LogP contribution in [-0.2, 0) is 65.4 Å². The molecule has 3 N–H and O–H groups in total. The molecule has 0 radical (unpaired) electrons. The van der Waals surface area contributed by atoms with Gasteiger partial charge in [0.1, 0.15) is 19.3 Å². The Kier molecular flexibility index (Phi) is 58.7. The second-order valence-corrected chi connectivity index (χ2v) is 29.3. The lowest BCUT2D eigenvalue weighted by Gasteiger charge is -2.21. The molecule has 522 valence electrons. The van der Waals surface area contributed by atoms with Crippen molar-refractivity contribution in [3.63, 3.8) is 0 Å². The number of esters is 4. The molecule has 0 aromatic heterocycles. The Hall–Kier alpha value is -1.94. The van der Waals surface area contributed by atoms with Crippen LogP contribution in [-0.4, -0.2) is 96.7 Å². The number of hydrogen-bond donors (Lipinski definition) is 3. The lowest BCUT2D eigenvalue weighted by molar-refractivity contribution is -0.161. The SMILES string of the molecule is CCCCCCCCCCC(=O)OC[C@H](COP(=O)(O)OC[C@H](O)COP(=O)(O)OC[C@@H](COC(=O)CCCCCCCCCC(C)C)OC(=O)CCCCCCCCCCCCCCCCCCCCC(C)C)OC(=O)CCCCCCCCC(C)C. The second kappa shape index (κ2) is 60.0. The van der Waals surface area contributed by atoms with E-state index in [1.54, 1.807) is 0 Å². The Morgan fingerprint density at radius 2 is 0.523 bits per heavy atom. The van der Waals surface area contributed by atoms with Gasteiger partial charge in [0.25, 0.3) is 0 Å². The van der Waals surface area contributed by atoms with Crippen LogP contribution in [0.3, 0.4) is 0 Å². The van der Waals surface area contributed by atoms with Crippen LogP contribution >= 0.6 is 15.6 Å². The van der Waals surface area contributed by atoms with Gasteiger partial charge in [0.15, 0.2) is 12.2 Å². The molecule has 0 aliphatic heterocycles. The minimum absolute atomic E-state index is 0.102. The number of ether oxygens (including phenoxy) is 4. The van der Waals surface area contributed by atoms with Crippen LogP contribution < -0.4 is 0 Å². The number of aliphatic hydroxyl groups is 1. The van der Waals surface area contributed by atoms with Gasteiger partial charge in [-0.1, -0.05) is 292 Å². The minimum Gasteiger partial charge on any atom is -0.462 e. The lowest BCUT2D eigenvalue weighted by atomic mass is 10.0. The predicted octanol–water partition coefficient (Wildman–Crippen LogP) is 19.5. The van der Waals surface area contributed by atoms with Crippen LogP contribution in [0.4, 0.5) is 0 Å². The summed E-state index contributed by atoms with van der Waals surface area (Å²) in [5.41, 5.74) is 0. The van der Waals surface area contributed by atoms with Crippen LogP contribution in [0.5, 0.6) is 0 Å². The fraction of sp³-hybridized carbons (Fsp3) is 0.942. The molecule has 0 aromatic rings. The van der Waals surface area contributed by atoms with E-state index in [4.69, 9.17) is 37.0 Å². The van der Waals surface area contributed by atoms with E-state index in [9.17, 15) is 43.2 Å². The molecule has 0 aliphatic rings. The molecule has 2 unspecified atom stereocenters. The van der Waals surface area contributed by atoms with Crippen molar-refractivity contribution in [1.29, 1.82) is 0 Å². The Morgan fingerprint density at radius 1 is 0.307 bits per heavy atom. The number of rotatable bonds is 67. The molecule has 0 aromatic carbocycles. The summed E-state index contributed by atoms with van der Waals surface area (Å²) in [7, 11) is -9.89. The zero-order valence-electron chi connectivity index (χ0n) is 57.2. The van der Waals surface area contributed by atoms with Crippen molar-refractivity contribution >= 4 is 39.5 Å². The minimum atomic E-state index is -4.95. The van der Waals surface area contributed by atoms with Crippen molar-refractivity contribution in [2.75, 3.05) is 39.6 Å². The summed E-state index contributed by atoms with van der Waals surface area (Å²) in [5, 5.41) is 10.5.